The quantitative estimate of drug-likeness (QED) is 0.169. The van der Waals surface area contributed by atoms with E-state index in [0.717, 1.165) is 37.0 Å². The molecule has 0 heterocycles. The van der Waals surface area contributed by atoms with Crippen LogP contribution in [-0.4, -0.2) is 18.3 Å². The lowest BCUT2D eigenvalue weighted by molar-refractivity contribution is -0.0520. The van der Waals surface area contributed by atoms with Crippen molar-refractivity contribution in [3.05, 3.63) is 23.0 Å². The van der Waals surface area contributed by atoms with Gasteiger partial charge in [0.2, 0.25) is 0 Å². The summed E-state index contributed by atoms with van der Waals surface area (Å²) in [6, 6.07) is 0. The Kier molecular flexibility index (Phi) is 11.3. The Balaban J connectivity index is 1.14. The van der Waals surface area contributed by atoms with Gasteiger partial charge in [0.25, 0.3) is 0 Å². The van der Waals surface area contributed by atoms with Crippen LogP contribution in [0.2, 0.25) is 0 Å². The second-order valence-corrected chi connectivity index (χ2v) is 13.0. The molecule has 0 bridgehead atoms. The molecule has 206 valence electrons. The molecule has 0 aromatic rings. The van der Waals surface area contributed by atoms with Crippen LogP contribution in [-0.2, 0) is 4.74 Å². The summed E-state index contributed by atoms with van der Waals surface area (Å²) in [5.74, 6) is 3.59. The number of aliphatic hydroxyl groups is 1. The first-order valence-corrected chi connectivity index (χ1v) is 16.3. The van der Waals surface area contributed by atoms with Crippen LogP contribution in [0.3, 0.4) is 0 Å². The summed E-state index contributed by atoms with van der Waals surface area (Å²) in [5, 5.41) is 11.2. The van der Waals surface area contributed by atoms with E-state index >= 15 is 0 Å². The molecule has 2 heteroatoms. The molecular weight excluding hydrogens is 440 g/mol. The van der Waals surface area contributed by atoms with Crippen LogP contribution in [0.15, 0.2) is 23.0 Å². The number of hydrogen-bond donors (Lipinski definition) is 1. The van der Waals surface area contributed by atoms with Crippen molar-refractivity contribution in [2.24, 2.45) is 23.2 Å². The molecule has 0 aromatic carbocycles. The summed E-state index contributed by atoms with van der Waals surface area (Å²) < 4.78 is 5.59. The summed E-state index contributed by atoms with van der Waals surface area (Å²) in [4.78, 5) is 0. The van der Waals surface area contributed by atoms with E-state index in [1.165, 1.54) is 134 Å². The smallest absolute Gasteiger partial charge is 0.0959 e. The Morgan fingerprint density at radius 2 is 1.47 bits per heavy atom. The van der Waals surface area contributed by atoms with Crippen molar-refractivity contribution >= 4 is 0 Å². The van der Waals surface area contributed by atoms with Gasteiger partial charge < -0.3 is 9.84 Å². The maximum absolute atomic E-state index is 11.2. The second-order valence-electron chi connectivity index (χ2n) is 13.0. The average molecular weight is 499 g/mol. The van der Waals surface area contributed by atoms with Gasteiger partial charge in [-0.2, -0.15) is 0 Å². The van der Waals surface area contributed by atoms with Gasteiger partial charge in [0.05, 0.1) is 19.0 Å². The first-order chi connectivity index (χ1) is 17.7. The molecule has 4 aliphatic carbocycles. The Morgan fingerprint density at radius 1 is 0.833 bits per heavy atom. The van der Waals surface area contributed by atoms with Crippen molar-refractivity contribution in [3.8, 4) is 0 Å². The minimum atomic E-state index is -0.0351. The molecule has 4 aliphatic rings. The monoisotopic (exact) mass is 498 g/mol. The van der Waals surface area contributed by atoms with Crippen LogP contribution in [0.1, 0.15) is 155 Å². The number of unbranched alkanes of at least 4 members (excludes halogenated alkanes) is 13. The Morgan fingerprint density at radius 3 is 2.11 bits per heavy atom. The third kappa shape index (κ3) is 6.81. The topological polar surface area (TPSA) is 29.5 Å². The molecule has 0 unspecified atom stereocenters. The van der Waals surface area contributed by atoms with Gasteiger partial charge in [-0.3, -0.25) is 0 Å². The minimum Gasteiger partial charge on any atom is -0.501 e. The summed E-state index contributed by atoms with van der Waals surface area (Å²) >= 11 is 0. The zero-order valence-electron chi connectivity index (χ0n) is 24.0. The summed E-state index contributed by atoms with van der Waals surface area (Å²) in [7, 11) is 1.83. The van der Waals surface area contributed by atoms with Crippen LogP contribution < -0.4 is 0 Å². The van der Waals surface area contributed by atoms with Crippen LogP contribution in [0.25, 0.3) is 0 Å². The number of hydrogen-bond acceptors (Lipinski definition) is 2. The van der Waals surface area contributed by atoms with E-state index in [9.17, 15) is 5.11 Å². The molecular formula is C34H58O2. The fourth-order valence-corrected chi connectivity index (χ4v) is 8.95. The lowest BCUT2D eigenvalue weighted by Crippen LogP contribution is -2.46. The first-order valence-electron chi connectivity index (χ1n) is 16.3. The first kappa shape index (κ1) is 28.3. The van der Waals surface area contributed by atoms with E-state index < -0.39 is 0 Å². The SMILES string of the molecule is CCCCCCCCCCCCCCCC[C@]12CC[C@@H]3C4=C(CC[C@H]3[C@@H]1CC[C@@H]2O)CC(OC)=CC4. The molecule has 2 saturated carbocycles. The van der Waals surface area contributed by atoms with Crippen molar-refractivity contribution in [3.63, 3.8) is 0 Å². The predicted molar refractivity (Wildman–Crippen MR) is 153 cm³/mol. The molecule has 0 amide bonds. The van der Waals surface area contributed by atoms with Crippen molar-refractivity contribution in [1.29, 1.82) is 0 Å². The summed E-state index contributed by atoms with van der Waals surface area (Å²) in [5.41, 5.74) is 3.73. The van der Waals surface area contributed by atoms with E-state index in [4.69, 9.17) is 4.74 Å². The molecule has 4 rings (SSSR count). The molecule has 0 saturated heterocycles. The lowest BCUT2D eigenvalue weighted by Gasteiger charge is -2.52. The summed E-state index contributed by atoms with van der Waals surface area (Å²) in [6.45, 7) is 2.30. The number of ether oxygens (including phenoxy) is 1. The molecule has 0 aromatic heterocycles. The maximum atomic E-state index is 11.2. The minimum absolute atomic E-state index is 0.0351. The molecule has 36 heavy (non-hydrogen) atoms. The van der Waals surface area contributed by atoms with E-state index in [1.807, 2.05) is 7.11 Å². The highest BCUT2D eigenvalue weighted by molar-refractivity contribution is 5.32. The zero-order chi connectivity index (χ0) is 25.2. The van der Waals surface area contributed by atoms with Gasteiger partial charge in [-0.1, -0.05) is 108 Å². The summed E-state index contributed by atoms with van der Waals surface area (Å²) in [6.07, 6.45) is 33.3. The Labute approximate surface area is 223 Å². The number of allylic oxidation sites excluding steroid dienone is 3. The molecule has 2 fully saturated rings. The predicted octanol–water partition coefficient (Wildman–Crippen LogP) is 10.1. The van der Waals surface area contributed by atoms with E-state index in [0.29, 0.717) is 0 Å². The maximum Gasteiger partial charge on any atom is 0.0959 e. The highest BCUT2D eigenvalue weighted by Crippen LogP contribution is 2.63. The lowest BCUT2D eigenvalue weighted by atomic mass is 9.53. The van der Waals surface area contributed by atoms with Crippen molar-refractivity contribution in [2.75, 3.05) is 7.11 Å². The van der Waals surface area contributed by atoms with Crippen LogP contribution in [0.5, 0.6) is 0 Å². The number of fused-ring (bicyclic) bond motifs is 4. The van der Waals surface area contributed by atoms with Crippen LogP contribution >= 0.6 is 0 Å². The van der Waals surface area contributed by atoms with Crippen molar-refractivity contribution in [2.45, 2.75) is 161 Å². The molecule has 2 nitrogen and oxygen atoms in total. The van der Waals surface area contributed by atoms with Gasteiger partial charge in [-0.25, -0.2) is 0 Å². The molecule has 0 aliphatic heterocycles. The number of methoxy groups -OCH3 is 1. The van der Waals surface area contributed by atoms with Crippen LogP contribution in [0, 0.1) is 23.2 Å². The van der Waals surface area contributed by atoms with Gasteiger partial charge in [0.1, 0.15) is 0 Å². The van der Waals surface area contributed by atoms with Gasteiger partial charge in [-0.05, 0) is 80.6 Å². The number of aliphatic hydroxyl groups excluding tert-OH is 1. The fourth-order valence-electron chi connectivity index (χ4n) is 8.95. The van der Waals surface area contributed by atoms with Gasteiger partial charge in [0.15, 0.2) is 0 Å². The average Bonchev–Trinajstić information content (AvgIpc) is 3.24. The highest BCUT2D eigenvalue weighted by atomic mass is 16.5. The third-order valence-corrected chi connectivity index (χ3v) is 11.0. The van der Waals surface area contributed by atoms with Crippen molar-refractivity contribution in [1.82, 2.24) is 0 Å². The van der Waals surface area contributed by atoms with E-state index in [-0.39, 0.29) is 11.5 Å². The molecule has 1 N–H and O–H groups in total. The Bertz CT molecular complexity index is 721. The van der Waals surface area contributed by atoms with Crippen molar-refractivity contribution < 1.29 is 9.84 Å². The normalized spacial score (nSPS) is 31.6. The largest absolute Gasteiger partial charge is 0.501 e. The highest BCUT2D eigenvalue weighted by Gasteiger charge is 2.56. The standard InChI is InChI=1S/C34H58O2/c1-3-4-5-6-7-8-9-10-11-12-13-14-15-16-24-34-25-23-30-29-20-18-28(36-2)26-27(29)17-19-31(30)32(34)21-22-33(34)35/h18,30-33,35H,3-17,19-26H2,1-2H3/t30-,31-,32+,33+,34+/m1/s1. The van der Waals surface area contributed by atoms with Gasteiger partial charge >= 0.3 is 0 Å². The number of rotatable bonds is 16. The Hall–Kier alpha value is -0.760. The molecule has 0 radical (unpaired) electrons. The second kappa shape index (κ2) is 14.4. The third-order valence-electron chi connectivity index (χ3n) is 11.0. The zero-order valence-corrected chi connectivity index (χ0v) is 24.0. The molecule has 5 atom stereocenters. The fraction of sp³-hybridized carbons (Fsp3) is 0.882. The van der Waals surface area contributed by atoms with E-state index in [2.05, 4.69) is 13.0 Å². The van der Waals surface area contributed by atoms with Crippen LogP contribution in [0.4, 0.5) is 0 Å². The van der Waals surface area contributed by atoms with Gasteiger partial charge in [0, 0.05) is 6.42 Å². The molecule has 0 spiro atoms. The van der Waals surface area contributed by atoms with E-state index in [1.54, 1.807) is 11.1 Å². The van der Waals surface area contributed by atoms with Gasteiger partial charge in [-0.15, -0.1) is 0 Å².